The van der Waals surface area contributed by atoms with E-state index in [4.69, 9.17) is 0 Å². The van der Waals surface area contributed by atoms with Crippen LogP contribution in [0.2, 0.25) is 0 Å². The van der Waals surface area contributed by atoms with E-state index in [9.17, 15) is 0 Å². The van der Waals surface area contributed by atoms with Crippen molar-refractivity contribution in [3.63, 3.8) is 0 Å². The molecular weight excluding hydrogens is 288 g/mol. The van der Waals surface area contributed by atoms with Gasteiger partial charge in [0.05, 0.1) is 0 Å². The molecule has 0 aliphatic heterocycles. The van der Waals surface area contributed by atoms with Gasteiger partial charge < -0.3 is 0 Å². The average Bonchev–Trinajstić information content (AvgIpc) is 2.92. The summed E-state index contributed by atoms with van der Waals surface area (Å²) in [6, 6.07) is 7.38. The van der Waals surface area contributed by atoms with Gasteiger partial charge in [-0.1, -0.05) is 74.8 Å². The molecule has 0 heteroatoms. The fraction of sp³-hybridized carbons (Fsp3) is 0.500. The summed E-state index contributed by atoms with van der Waals surface area (Å²) >= 11 is 0. The number of hydrogen-bond acceptors (Lipinski definition) is 0. The van der Waals surface area contributed by atoms with Crippen LogP contribution in [0.1, 0.15) is 86.8 Å². The van der Waals surface area contributed by atoms with Gasteiger partial charge in [-0.3, -0.25) is 0 Å². The zero-order valence-corrected chi connectivity index (χ0v) is 15.1. The summed E-state index contributed by atoms with van der Waals surface area (Å²) in [5.41, 5.74) is 8.92. The summed E-state index contributed by atoms with van der Waals surface area (Å²) < 4.78 is 0. The largest absolute Gasteiger partial charge is 0.0995 e. The first kappa shape index (κ1) is 15.9. The Kier molecular flexibility index (Phi) is 4.24. The molecule has 0 radical (unpaired) electrons. The summed E-state index contributed by atoms with van der Waals surface area (Å²) in [5.74, 6) is 1.89. The summed E-state index contributed by atoms with van der Waals surface area (Å²) in [5, 5.41) is 0. The van der Waals surface area contributed by atoms with Gasteiger partial charge >= 0.3 is 0 Å². The smallest absolute Gasteiger partial charge is 0.00548 e. The Labute approximate surface area is 147 Å². The van der Waals surface area contributed by atoms with E-state index < -0.39 is 0 Å². The Morgan fingerprint density at radius 2 is 1.79 bits per heavy atom. The van der Waals surface area contributed by atoms with Gasteiger partial charge in [-0.2, -0.15) is 0 Å². The van der Waals surface area contributed by atoms with E-state index in [1.807, 2.05) is 0 Å². The summed E-state index contributed by atoms with van der Waals surface area (Å²) in [6.45, 7) is 10.9. The first-order chi connectivity index (χ1) is 11.6. The van der Waals surface area contributed by atoms with E-state index in [0.29, 0.717) is 11.8 Å². The normalized spacial score (nSPS) is 28.0. The van der Waals surface area contributed by atoms with Gasteiger partial charge in [0.15, 0.2) is 0 Å². The lowest BCUT2D eigenvalue weighted by molar-refractivity contribution is 0.443. The van der Waals surface area contributed by atoms with Crippen LogP contribution in [0.5, 0.6) is 0 Å². The molecule has 1 aromatic rings. The van der Waals surface area contributed by atoms with Crippen LogP contribution in [0.4, 0.5) is 0 Å². The number of benzene rings is 1. The van der Waals surface area contributed by atoms with Gasteiger partial charge in [0, 0.05) is 11.8 Å². The van der Waals surface area contributed by atoms with Crippen LogP contribution in [0.15, 0.2) is 48.6 Å². The maximum absolute atomic E-state index is 4.38. The van der Waals surface area contributed by atoms with Gasteiger partial charge in [0.1, 0.15) is 0 Å². The van der Waals surface area contributed by atoms with Crippen LogP contribution in [-0.2, 0) is 0 Å². The molecule has 0 bridgehead atoms. The van der Waals surface area contributed by atoms with Gasteiger partial charge in [-0.15, -0.1) is 0 Å². The first-order valence-corrected chi connectivity index (χ1v) is 9.83. The summed E-state index contributed by atoms with van der Waals surface area (Å²) in [4.78, 5) is 0. The second kappa shape index (κ2) is 6.39. The molecule has 2 saturated carbocycles. The minimum absolute atomic E-state index is 0.541. The van der Waals surface area contributed by atoms with Crippen molar-refractivity contribution < 1.29 is 0 Å². The lowest BCUT2D eigenvalue weighted by Crippen LogP contribution is -2.12. The minimum atomic E-state index is 0.541. The van der Waals surface area contributed by atoms with E-state index in [1.165, 1.54) is 55.2 Å². The summed E-state index contributed by atoms with van der Waals surface area (Å²) in [6.07, 6.45) is 12.9. The van der Waals surface area contributed by atoms with E-state index in [-0.39, 0.29) is 0 Å². The standard InChI is InChI=1S/C24H30/c1-16-9-11-21(17(2)13-16)24-14-18(3)23-15-20(10-12-22(23)24)19-7-5-4-6-8-19/h10,12,14-15,18-19,21H,1-2,4-9,11,13H2,3H3. The van der Waals surface area contributed by atoms with Crippen molar-refractivity contribution in [1.82, 2.24) is 0 Å². The highest BCUT2D eigenvalue weighted by atomic mass is 14.3. The molecule has 2 unspecified atom stereocenters. The molecule has 0 spiro atoms. The van der Waals surface area contributed by atoms with Crippen LogP contribution >= 0.6 is 0 Å². The van der Waals surface area contributed by atoms with E-state index in [1.54, 1.807) is 16.7 Å². The maximum Gasteiger partial charge on any atom is 0.00548 e. The Balaban J connectivity index is 1.62. The molecule has 0 aromatic heterocycles. The quantitative estimate of drug-likeness (QED) is 0.508. The highest BCUT2D eigenvalue weighted by molar-refractivity contribution is 5.78. The number of rotatable bonds is 2. The molecule has 4 rings (SSSR count). The van der Waals surface area contributed by atoms with Crippen molar-refractivity contribution in [1.29, 1.82) is 0 Å². The molecule has 0 N–H and O–H groups in total. The molecule has 1 aromatic carbocycles. The molecule has 3 aliphatic rings. The fourth-order valence-electron chi connectivity index (χ4n) is 5.12. The Morgan fingerprint density at radius 1 is 1.00 bits per heavy atom. The minimum Gasteiger partial charge on any atom is -0.0995 e. The van der Waals surface area contributed by atoms with Crippen LogP contribution in [-0.4, -0.2) is 0 Å². The van der Waals surface area contributed by atoms with Gasteiger partial charge in [-0.05, 0) is 60.3 Å². The van der Waals surface area contributed by atoms with Crippen LogP contribution in [0.25, 0.3) is 5.57 Å². The predicted molar refractivity (Wildman–Crippen MR) is 104 cm³/mol. The molecule has 0 nitrogen and oxygen atoms in total. The average molecular weight is 319 g/mol. The van der Waals surface area contributed by atoms with E-state index >= 15 is 0 Å². The van der Waals surface area contributed by atoms with Crippen molar-refractivity contribution in [2.24, 2.45) is 5.92 Å². The predicted octanol–water partition coefficient (Wildman–Crippen LogP) is 7.15. The van der Waals surface area contributed by atoms with Crippen molar-refractivity contribution in [2.75, 3.05) is 0 Å². The van der Waals surface area contributed by atoms with Crippen molar-refractivity contribution in [2.45, 2.75) is 70.1 Å². The third kappa shape index (κ3) is 2.81. The van der Waals surface area contributed by atoms with Crippen molar-refractivity contribution in [3.05, 3.63) is 65.3 Å². The number of hydrogen-bond donors (Lipinski definition) is 0. The Bertz CT molecular complexity index is 697. The third-order valence-electron chi connectivity index (χ3n) is 6.52. The molecule has 0 amide bonds. The highest BCUT2D eigenvalue weighted by Gasteiger charge is 2.30. The van der Waals surface area contributed by atoms with Gasteiger partial charge in [0.25, 0.3) is 0 Å². The maximum atomic E-state index is 4.38. The van der Waals surface area contributed by atoms with Gasteiger partial charge in [0.2, 0.25) is 0 Å². The van der Waals surface area contributed by atoms with Gasteiger partial charge in [-0.25, -0.2) is 0 Å². The second-order valence-electron chi connectivity index (χ2n) is 8.27. The number of allylic oxidation sites excluding steroid dienone is 4. The van der Waals surface area contributed by atoms with E-state index in [2.05, 4.69) is 44.4 Å². The topological polar surface area (TPSA) is 0 Å². The molecule has 3 aliphatic carbocycles. The lowest BCUT2D eigenvalue weighted by atomic mass is 9.76. The molecule has 2 fully saturated rings. The highest BCUT2D eigenvalue weighted by Crippen LogP contribution is 2.47. The lowest BCUT2D eigenvalue weighted by Gasteiger charge is -2.28. The first-order valence-electron chi connectivity index (χ1n) is 9.83. The van der Waals surface area contributed by atoms with Crippen molar-refractivity contribution >= 4 is 5.57 Å². The molecule has 126 valence electrons. The zero-order valence-electron chi connectivity index (χ0n) is 15.1. The fourth-order valence-corrected chi connectivity index (χ4v) is 5.12. The van der Waals surface area contributed by atoms with E-state index in [0.717, 1.165) is 18.8 Å². The zero-order chi connectivity index (χ0) is 16.7. The van der Waals surface area contributed by atoms with Crippen LogP contribution in [0.3, 0.4) is 0 Å². The Morgan fingerprint density at radius 3 is 2.54 bits per heavy atom. The third-order valence-corrected chi connectivity index (χ3v) is 6.52. The second-order valence-corrected chi connectivity index (χ2v) is 8.27. The van der Waals surface area contributed by atoms with Crippen LogP contribution in [0, 0.1) is 5.92 Å². The molecule has 0 heterocycles. The monoisotopic (exact) mass is 318 g/mol. The van der Waals surface area contributed by atoms with Crippen molar-refractivity contribution in [3.8, 4) is 0 Å². The summed E-state index contributed by atoms with van der Waals surface area (Å²) in [7, 11) is 0. The molecule has 0 saturated heterocycles. The SMILES string of the molecule is C=C1CCC(C2=CC(C)c3cc(C4CCCCC4)ccc32)C(=C)C1. The number of fused-ring (bicyclic) bond motifs is 1. The molecule has 24 heavy (non-hydrogen) atoms. The molecular formula is C24H30. The molecule has 2 atom stereocenters. The Hall–Kier alpha value is -1.56. The van der Waals surface area contributed by atoms with Crippen LogP contribution < -0.4 is 0 Å².